The zero-order valence-corrected chi connectivity index (χ0v) is 14.7. The third kappa shape index (κ3) is 4.26. The number of hydrogen-bond acceptors (Lipinski definition) is 5. The summed E-state index contributed by atoms with van der Waals surface area (Å²) in [5.41, 5.74) is 1.92. The van der Waals surface area contributed by atoms with Crippen LogP contribution in [0.1, 0.15) is 24.1 Å². The van der Waals surface area contributed by atoms with Gasteiger partial charge in [-0.05, 0) is 31.9 Å². The summed E-state index contributed by atoms with van der Waals surface area (Å²) in [6.45, 7) is 3.97. The van der Waals surface area contributed by atoms with E-state index in [1.54, 1.807) is 13.3 Å². The average Bonchev–Trinajstić information content (AvgIpc) is 2.66. The van der Waals surface area contributed by atoms with Crippen LogP contribution in [-0.4, -0.2) is 36.1 Å². The Hall–Kier alpha value is -2.63. The first kappa shape index (κ1) is 17.2. The molecule has 6 heteroatoms. The van der Waals surface area contributed by atoms with Crippen molar-refractivity contribution in [3.63, 3.8) is 0 Å². The van der Waals surface area contributed by atoms with Crippen molar-refractivity contribution >= 4 is 11.9 Å². The molecular weight excluding hydrogens is 316 g/mol. The van der Waals surface area contributed by atoms with Gasteiger partial charge in [0.1, 0.15) is 5.75 Å². The average molecular weight is 340 g/mol. The highest BCUT2D eigenvalue weighted by Gasteiger charge is 2.27. The highest BCUT2D eigenvalue weighted by atomic mass is 16.5. The van der Waals surface area contributed by atoms with Gasteiger partial charge in [0.05, 0.1) is 13.0 Å². The number of carbonyl (C=O) groups excluding carboxylic acids is 1. The molecule has 1 saturated heterocycles. The Balaban J connectivity index is 1.60. The second-order valence-electron chi connectivity index (χ2n) is 6.31. The van der Waals surface area contributed by atoms with Crippen LogP contribution in [0, 0.1) is 12.8 Å². The number of para-hydroxylation sites is 1. The number of ether oxygens (including phenoxy) is 1. The van der Waals surface area contributed by atoms with Crippen molar-refractivity contribution in [3.8, 4) is 5.75 Å². The van der Waals surface area contributed by atoms with E-state index < -0.39 is 0 Å². The minimum absolute atomic E-state index is 0.0485. The van der Waals surface area contributed by atoms with Crippen molar-refractivity contribution in [2.24, 2.45) is 5.92 Å². The molecular formula is C19H24N4O2. The molecule has 1 fully saturated rings. The van der Waals surface area contributed by atoms with E-state index in [1.807, 2.05) is 37.3 Å². The number of piperidine rings is 1. The fraction of sp³-hybridized carbons (Fsp3) is 0.421. The van der Waals surface area contributed by atoms with E-state index in [0.29, 0.717) is 19.0 Å². The smallest absolute Gasteiger partial charge is 0.225 e. The van der Waals surface area contributed by atoms with Crippen LogP contribution in [0.4, 0.5) is 5.95 Å². The van der Waals surface area contributed by atoms with Crippen LogP contribution in [0.5, 0.6) is 5.75 Å². The molecule has 132 valence electrons. The van der Waals surface area contributed by atoms with Gasteiger partial charge in [-0.2, -0.15) is 0 Å². The lowest BCUT2D eigenvalue weighted by molar-refractivity contribution is -0.125. The highest BCUT2D eigenvalue weighted by molar-refractivity contribution is 5.79. The summed E-state index contributed by atoms with van der Waals surface area (Å²) >= 11 is 0. The lowest BCUT2D eigenvalue weighted by Gasteiger charge is -2.32. The Bertz CT molecular complexity index is 735. The van der Waals surface area contributed by atoms with Gasteiger partial charge in [-0.25, -0.2) is 9.97 Å². The summed E-state index contributed by atoms with van der Waals surface area (Å²) < 4.78 is 5.33. The van der Waals surface area contributed by atoms with Crippen molar-refractivity contribution in [1.82, 2.24) is 15.3 Å². The number of amides is 1. The summed E-state index contributed by atoms with van der Waals surface area (Å²) in [6.07, 6.45) is 3.62. The molecule has 1 unspecified atom stereocenters. The van der Waals surface area contributed by atoms with Crippen molar-refractivity contribution < 1.29 is 9.53 Å². The van der Waals surface area contributed by atoms with Crippen LogP contribution in [0.2, 0.25) is 0 Å². The second kappa shape index (κ2) is 7.96. The number of aromatic nitrogens is 2. The van der Waals surface area contributed by atoms with Gasteiger partial charge in [-0.15, -0.1) is 0 Å². The predicted molar refractivity (Wildman–Crippen MR) is 96.5 cm³/mol. The molecule has 1 aromatic carbocycles. The number of aryl methyl sites for hydroxylation is 1. The summed E-state index contributed by atoms with van der Waals surface area (Å²) in [5, 5.41) is 3.04. The Labute approximate surface area is 148 Å². The fourth-order valence-electron chi connectivity index (χ4n) is 3.14. The zero-order valence-electron chi connectivity index (χ0n) is 14.7. The van der Waals surface area contributed by atoms with Crippen molar-refractivity contribution in [1.29, 1.82) is 0 Å². The SMILES string of the molecule is COc1ccccc1CNC(=O)C1CCCN(c2nccc(C)n2)C1. The second-order valence-corrected chi connectivity index (χ2v) is 6.31. The maximum atomic E-state index is 12.6. The molecule has 1 aliphatic rings. The van der Waals surface area contributed by atoms with Gasteiger partial charge in [0.25, 0.3) is 0 Å². The Morgan fingerprint density at radius 2 is 2.20 bits per heavy atom. The number of nitrogens with one attached hydrogen (secondary N) is 1. The largest absolute Gasteiger partial charge is 0.496 e. The van der Waals surface area contributed by atoms with Crippen LogP contribution in [0.25, 0.3) is 0 Å². The normalized spacial score (nSPS) is 17.2. The minimum atomic E-state index is -0.0485. The molecule has 2 aromatic rings. The molecule has 3 rings (SSSR count). The lowest BCUT2D eigenvalue weighted by Crippen LogP contribution is -2.43. The van der Waals surface area contributed by atoms with Crippen LogP contribution in [0.15, 0.2) is 36.5 Å². The van der Waals surface area contributed by atoms with Crippen molar-refractivity contribution in [2.75, 3.05) is 25.1 Å². The van der Waals surface area contributed by atoms with Gasteiger partial charge in [0.2, 0.25) is 11.9 Å². The van der Waals surface area contributed by atoms with Gasteiger partial charge < -0.3 is 15.0 Å². The number of nitrogens with zero attached hydrogens (tertiary/aromatic N) is 3. The maximum absolute atomic E-state index is 12.6. The molecule has 1 N–H and O–H groups in total. The highest BCUT2D eigenvalue weighted by Crippen LogP contribution is 2.21. The van der Waals surface area contributed by atoms with E-state index in [0.717, 1.165) is 36.4 Å². The van der Waals surface area contributed by atoms with E-state index in [2.05, 4.69) is 20.2 Å². The summed E-state index contributed by atoms with van der Waals surface area (Å²) in [5.74, 6) is 1.53. The van der Waals surface area contributed by atoms with Crippen molar-refractivity contribution in [2.45, 2.75) is 26.3 Å². The minimum Gasteiger partial charge on any atom is -0.496 e. The Morgan fingerprint density at radius 3 is 3.00 bits per heavy atom. The van der Waals surface area contributed by atoms with Crippen LogP contribution >= 0.6 is 0 Å². The molecule has 1 aromatic heterocycles. The molecule has 1 atom stereocenters. The number of methoxy groups -OCH3 is 1. The maximum Gasteiger partial charge on any atom is 0.225 e. The number of rotatable bonds is 5. The molecule has 2 heterocycles. The summed E-state index contributed by atoms with van der Waals surface area (Å²) in [6, 6.07) is 9.61. The molecule has 6 nitrogen and oxygen atoms in total. The van der Waals surface area contributed by atoms with Gasteiger partial charge in [-0.1, -0.05) is 18.2 Å². The van der Waals surface area contributed by atoms with E-state index in [-0.39, 0.29) is 11.8 Å². The predicted octanol–water partition coefficient (Wildman–Crippen LogP) is 2.33. The zero-order chi connectivity index (χ0) is 17.6. The number of hydrogen-bond donors (Lipinski definition) is 1. The van der Waals surface area contributed by atoms with Gasteiger partial charge in [-0.3, -0.25) is 4.79 Å². The summed E-state index contributed by atoms with van der Waals surface area (Å²) in [4.78, 5) is 23.5. The van der Waals surface area contributed by atoms with E-state index in [9.17, 15) is 4.79 Å². The first-order valence-electron chi connectivity index (χ1n) is 8.61. The third-order valence-electron chi connectivity index (χ3n) is 4.50. The van der Waals surface area contributed by atoms with Gasteiger partial charge in [0, 0.05) is 37.1 Å². The number of benzene rings is 1. The first-order valence-corrected chi connectivity index (χ1v) is 8.61. The first-order chi connectivity index (χ1) is 12.2. The Kier molecular flexibility index (Phi) is 5.48. The number of carbonyl (C=O) groups is 1. The topological polar surface area (TPSA) is 67.3 Å². The molecule has 1 aliphatic heterocycles. The van der Waals surface area contributed by atoms with Crippen LogP contribution < -0.4 is 15.0 Å². The van der Waals surface area contributed by atoms with E-state index >= 15 is 0 Å². The van der Waals surface area contributed by atoms with Crippen LogP contribution in [-0.2, 0) is 11.3 Å². The standard InChI is InChI=1S/C19H24N4O2/c1-14-9-10-20-19(22-14)23-11-5-7-16(13-23)18(24)21-12-15-6-3-4-8-17(15)25-2/h3-4,6,8-10,16H,5,7,11-13H2,1-2H3,(H,21,24). The third-order valence-corrected chi connectivity index (χ3v) is 4.50. The molecule has 25 heavy (non-hydrogen) atoms. The lowest BCUT2D eigenvalue weighted by atomic mass is 9.97. The van der Waals surface area contributed by atoms with Gasteiger partial charge >= 0.3 is 0 Å². The van der Waals surface area contributed by atoms with E-state index in [4.69, 9.17) is 4.74 Å². The van der Waals surface area contributed by atoms with E-state index in [1.165, 1.54) is 0 Å². The molecule has 1 amide bonds. The fourth-order valence-corrected chi connectivity index (χ4v) is 3.14. The summed E-state index contributed by atoms with van der Waals surface area (Å²) in [7, 11) is 1.64. The quantitative estimate of drug-likeness (QED) is 0.905. The van der Waals surface area contributed by atoms with Crippen LogP contribution in [0.3, 0.4) is 0 Å². The molecule has 0 saturated carbocycles. The Morgan fingerprint density at radius 1 is 1.36 bits per heavy atom. The number of anilines is 1. The molecule has 0 spiro atoms. The van der Waals surface area contributed by atoms with Crippen molar-refractivity contribution in [3.05, 3.63) is 47.8 Å². The monoisotopic (exact) mass is 340 g/mol. The molecule has 0 aliphatic carbocycles. The molecule has 0 bridgehead atoms. The molecule has 0 radical (unpaired) electrons. The van der Waals surface area contributed by atoms with Gasteiger partial charge in [0.15, 0.2) is 0 Å².